The number of thioether (sulfide) groups is 1. The van der Waals surface area contributed by atoms with Crippen LogP contribution in [0, 0.1) is 0 Å². The number of aliphatic hydroxyl groups excluding tert-OH is 1. The Morgan fingerprint density at radius 2 is 1.69 bits per heavy atom. The summed E-state index contributed by atoms with van der Waals surface area (Å²) in [4.78, 5) is 39.8. The van der Waals surface area contributed by atoms with Crippen molar-refractivity contribution in [3.05, 3.63) is 119 Å². The summed E-state index contributed by atoms with van der Waals surface area (Å²) >= 11 is 1.33. The molecule has 1 aliphatic heterocycles. The van der Waals surface area contributed by atoms with Crippen LogP contribution < -0.4 is 10.6 Å². The largest absolute Gasteiger partial charge is 0.478 e. The highest BCUT2D eigenvalue weighted by Crippen LogP contribution is 2.40. The van der Waals surface area contributed by atoms with E-state index in [2.05, 4.69) is 15.6 Å². The minimum atomic E-state index is -1.03. The molecular formula is C36H37N3O8S. The molecule has 1 aromatic heterocycles. The minimum absolute atomic E-state index is 0.0546. The van der Waals surface area contributed by atoms with Crippen LogP contribution in [0.15, 0.2) is 96.2 Å². The second-order valence-electron chi connectivity index (χ2n) is 10.9. The maximum absolute atomic E-state index is 12.3. The van der Waals surface area contributed by atoms with Gasteiger partial charge in [0, 0.05) is 30.5 Å². The highest BCUT2D eigenvalue weighted by Gasteiger charge is 2.32. The summed E-state index contributed by atoms with van der Waals surface area (Å²) in [5.74, 6) is -1.07. The van der Waals surface area contributed by atoms with E-state index in [-0.39, 0.29) is 44.1 Å². The van der Waals surface area contributed by atoms with Crippen LogP contribution in [0.1, 0.15) is 58.4 Å². The van der Waals surface area contributed by atoms with Crippen LogP contribution in [0.4, 0.5) is 4.79 Å². The van der Waals surface area contributed by atoms with Gasteiger partial charge in [0.15, 0.2) is 6.29 Å². The van der Waals surface area contributed by atoms with Gasteiger partial charge in [-0.1, -0.05) is 72.8 Å². The van der Waals surface area contributed by atoms with Gasteiger partial charge in [-0.05, 0) is 46.9 Å². The van der Waals surface area contributed by atoms with Crippen molar-refractivity contribution in [2.24, 2.45) is 0 Å². The molecule has 4 aromatic rings. The lowest BCUT2D eigenvalue weighted by molar-refractivity contribution is -0.245. The van der Waals surface area contributed by atoms with E-state index < -0.39 is 24.3 Å². The first-order valence-electron chi connectivity index (χ1n) is 15.5. The van der Waals surface area contributed by atoms with E-state index in [1.165, 1.54) is 17.8 Å². The number of carboxylic acids is 1. The Kier molecular flexibility index (Phi) is 12.2. The Morgan fingerprint density at radius 3 is 2.42 bits per heavy atom. The average molecular weight is 672 g/mol. The summed E-state index contributed by atoms with van der Waals surface area (Å²) in [6, 6.07) is 25.8. The average Bonchev–Trinajstić information content (AvgIpc) is 3.12. The van der Waals surface area contributed by atoms with Crippen LogP contribution in [0.3, 0.4) is 0 Å². The standard InChI is InChI=1S/C36H37N3O8S/c1-2-45-32(41)20-39-36(44)38-19-27-6-3-4-7-29(27)24-13-15-26(16-14-24)35-46-28(22-48-33-30(34(42)43)8-5-17-37-33)18-31(47-35)25-11-9-23(21-40)10-12-25/h3-17,28,31,35,40H,2,18-22H2,1H3,(H,42,43)(H2,38,39,44)/t28-,31+,35+/m1/s1. The fourth-order valence-corrected chi connectivity index (χ4v) is 6.25. The number of carboxylic acid groups (broad SMARTS) is 1. The quantitative estimate of drug-likeness (QED) is 0.104. The van der Waals surface area contributed by atoms with Gasteiger partial charge in [0.25, 0.3) is 0 Å². The van der Waals surface area contributed by atoms with Gasteiger partial charge in [-0.15, -0.1) is 11.8 Å². The van der Waals surface area contributed by atoms with Crippen molar-refractivity contribution >= 4 is 29.7 Å². The third-order valence-electron chi connectivity index (χ3n) is 7.67. The topological polar surface area (TPSA) is 156 Å². The molecule has 3 aromatic carbocycles. The normalized spacial score (nSPS) is 17.3. The number of carbonyl (C=O) groups excluding carboxylic acids is 2. The van der Waals surface area contributed by atoms with Gasteiger partial charge < -0.3 is 35.1 Å². The molecule has 3 atom stereocenters. The van der Waals surface area contributed by atoms with E-state index in [9.17, 15) is 24.6 Å². The van der Waals surface area contributed by atoms with Crippen molar-refractivity contribution in [2.75, 3.05) is 18.9 Å². The lowest BCUT2D eigenvalue weighted by atomic mass is 9.98. The molecule has 0 bridgehead atoms. The molecule has 11 nitrogen and oxygen atoms in total. The molecule has 48 heavy (non-hydrogen) atoms. The first kappa shape index (κ1) is 34.6. The van der Waals surface area contributed by atoms with Crippen LogP contribution in [-0.4, -0.2) is 58.2 Å². The number of benzene rings is 3. The lowest BCUT2D eigenvalue weighted by Gasteiger charge is -2.36. The molecule has 2 heterocycles. The van der Waals surface area contributed by atoms with Gasteiger partial charge in [0.05, 0.1) is 31.0 Å². The number of nitrogens with zero attached hydrogens (tertiary/aromatic N) is 1. The number of aliphatic hydroxyl groups is 1. The molecule has 250 valence electrons. The maximum Gasteiger partial charge on any atom is 0.338 e. The third-order valence-corrected chi connectivity index (χ3v) is 8.81. The molecule has 2 amide bonds. The molecule has 0 unspecified atom stereocenters. The number of hydrogen-bond donors (Lipinski definition) is 4. The molecule has 0 saturated carbocycles. The Labute approximate surface area is 282 Å². The number of carbonyl (C=O) groups is 3. The van der Waals surface area contributed by atoms with Crippen molar-refractivity contribution in [3.8, 4) is 11.1 Å². The van der Waals surface area contributed by atoms with Crippen LogP contribution in [0.2, 0.25) is 0 Å². The summed E-state index contributed by atoms with van der Waals surface area (Å²) in [6.45, 7) is 1.93. The van der Waals surface area contributed by atoms with Gasteiger partial charge >= 0.3 is 18.0 Å². The molecule has 4 N–H and O–H groups in total. The summed E-state index contributed by atoms with van der Waals surface area (Å²) in [5, 5.41) is 24.8. The first-order chi connectivity index (χ1) is 23.3. The van der Waals surface area contributed by atoms with E-state index in [0.717, 1.165) is 33.4 Å². The zero-order valence-corrected chi connectivity index (χ0v) is 27.2. The number of hydrogen-bond acceptors (Lipinski definition) is 9. The molecule has 1 fully saturated rings. The number of nitrogens with one attached hydrogen (secondary N) is 2. The van der Waals surface area contributed by atoms with Crippen molar-refractivity contribution < 1.29 is 38.8 Å². The summed E-state index contributed by atoms with van der Waals surface area (Å²) in [7, 11) is 0. The zero-order valence-electron chi connectivity index (χ0n) is 26.3. The van der Waals surface area contributed by atoms with E-state index in [1.807, 2.05) is 72.8 Å². The lowest BCUT2D eigenvalue weighted by Crippen LogP contribution is -2.38. The second kappa shape index (κ2) is 16.9. The SMILES string of the molecule is CCOC(=O)CNC(=O)NCc1ccccc1-c1ccc([C@H]2O[C@@H](CSc3ncccc3C(=O)O)C[C@@H](c3ccc(CO)cc3)O2)cc1. The predicted octanol–water partition coefficient (Wildman–Crippen LogP) is 5.64. The number of esters is 1. The molecule has 0 radical (unpaired) electrons. The smallest absolute Gasteiger partial charge is 0.338 e. The molecule has 1 aliphatic rings. The van der Waals surface area contributed by atoms with E-state index in [0.29, 0.717) is 17.2 Å². The van der Waals surface area contributed by atoms with E-state index >= 15 is 0 Å². The minimum Gasteiger partial charge on any atom is -0.478 e. The van der Waals surface area contributed by atoms with Gasteiger partial charge in [-0.3, -0.25) is 4.79 Å². The molecule has 5 rings (SSSR count). The molecule has 0 aliphatic carbocycles. The van der Waals surface area contributed by atoms with Gasteiger partial charge in [-0.2, -0.15) is 0 Å². The predicted molar refractivity (Wildman–Crippen MR) is 179 cm³/mol. The van der Waals surface area contributed by atoms with Crippen LogP contribution in [0.25, 0.3) is 11.1 Å². The number of rotatable bonds is 13. The Hall–Kier alpha value is -4.75. The van der Waals surface area contributed by atoms with Crippen LogP contribution in [0.5, 0.6) is 0 Å². The zero-order chi connectivity index (χ0) is 33.9. The number of aromatic carboxylic acids is 1. The third kappa shape index (κ3) is 9.20. The molecule has 1 saturated heterocycles. The highest BCUT2D eigenvalue weighted by molar-refractivity contribution is 7.99. The van der Waals surface area contributed by atoms with Gasteiger partial charge in [0.1, 0.15) is 11.6 Å². The van der Waals surface area contributed by atoms with Crippen molar-refractivity contribution in [1.29, 1.82) is 0 Å². The second-order valence-corrected chi connectivity index (χ2v) is 12.0. The summed E-state index contributed by atoms with van der Waals surface area (Å²) < 4.78 is 17.7. The summed E-state index contributed by atoms with van der Waals surface area (Å²) in [6.07, 6.45) is 0.851. The molecular weight excluding hydrogens is 634 g/mol. The Bertz CT molecular complexity index is 1700. The molecule has 12 heteroatoms. The van der Waals surface area contributed by atoms with E-state index in [1.54, 1.807) is 19.2 Å². The maximum atomic E-state index is 12.3. The number of aromatic nitrogens is 1. The fourth-order valence-electron chi connectivity index (χ4n) is 5.24. The first-order valence-corrected chi connectivity index (χ1v) is 16.5. The summed E-state index contributed by atoms with van der Waals surface area (Å²) in [5.41, 5.74) is 5.45. The van der Waals surface area contributed by atoms with Crippen LogP contribution in [-0.2, 0) is 32.2 Å². The van der Waals surface area contributed by atoms with E-state index in [4.69, 9.17) is 14.2 Å². The van der Waals surface area contributed by atoms with Gasteiger partial charge in [-0.25, -0.2) is 14.6 Å². The Balaban J connectivity index is 1.30. The van der Waals surface area contributed by atoms with Crippen molar-refractivity contribution in [1.82, 2.24) is 15.6 Å². The number of urea groups is 1. The van der Waals surface area contributed by atoms with Crippen molar-refractivity contribution in [2.45, 2.75) is 50.0 Å². The van der Waals surface area contributed by atoms with Crippen molar-refractivity contribution in [3.63, 3.8) is 0 Å². The van der Waals surface area contributed by atoms with Gasteiger partial charge in [0.2, 0.25) is 0 Å². The molecule has 0 spiro atoms. The highest BCUT2D eigenvalue weighted by atomic mass is 32.2. The number of pyridine rings is 1. The monoisotopic (exact) mass is 671 g/mol. The fraction of sp³-hybridized carbons (Fsp3) is 0.278. The van der Waals surface area contributed by atoms with Crippen LogP contribution >= 0.6 is 11.8 Å². The Morgan fingerprint density at radius 1 is 0.938 bits per heavy atom. The number of ether oxygens (including phenoxy) is 3. The number of amides is 2.